The number of rotatable bonds is 3. The third kappa shape index (κ3) is 4.10. The monoisotopic (exact) mass is 299 g/mol. The first-order chi connectivity index (χ1) is 9.74. The van der Waals surface area contributed by atoms with Gasteiger partial charge in [-0.1, -0.05) is 0 Å². The van der Waals surface area contributed by atoms with Crippen molar-refractivity contribution in [2.45, 2.75) is 82.6 Å². The second-order valence-electron chi connectivity index (χ2n) is 7.50. The SMILES string of the molecule is COCCC1(O)CC2CCCC(C1)N2C(=O)OC(C)(C)C. The molecule has 2 fully saturated rings. The van der Waals surface area contributed by atoms with Crippen LogP contribution in [0, 0.1) is 0 Å². The smallest absolute Gasteiger partial charge is 0.410 e. The number of carbonyl (C=O) groups is 1. The van der Waals surface area contributed by atoms with Gasteiger partial charge in [0, 0.05) is 25.8 Å². The van der Waals surface area contributed by atoms with E-state index < -0.39 is 11.2 Å². The molecule has 1 amide bonds. The summed E-state index contributed by atoms with van der Waals surface area (Å²) in [6.45, 7) is 6.22. The molecule has 2 aliphatic heterocycles. The Hall–Kier alpha value is -0.810. The summed E-state index contributed by atoms with van der Waals surface area (Å²) < 4.78 is 10.7. The normalized spacial score (nSPS) is 32.9. The summed E-state index contributed by atoms with van der Waals surface area (Å²) >= 11 is 0. The van der Waals surface area contributed by atoms with E-state index in [1.165, 1.54) is 0 Å². The van der Waals surface area contributed by atoms with Crippen molar-refractivity contribution in [3.8, 4) is 0 Å². The molecule has 2 heterocycles. The molecule has 122 valence electrons. The van der Waals surface area contributed by atoms with E-state index in [1.807, 2.05) is 25.7 Å². The highest BCUT2D eigenvalue weighted by molar-refractivity contribution is 5.69. The van der Waals surface area contributed by atoms with Crippen LogP contribution in [0.15, 0.2) is 0 Å². The summed E-state index contributed by atoms with van der Waals surface area (Å²) in [5.74, 6) is 0. The molecule has 2 saturated heterocycles. The second-order valence-corrected chi connectivity index (χ2v) is 7.50. The molecule has 2 rings (SSSR count). The maximum absolute atomic E-state index is 12.4. The van der Waals surface area contributed by atoms with Gasteiger partial charge in [-0.2, -0.15) is 0 Å². The Morgan fingerprint density at radius 2 is 1.86 bits per heavy atom. The summed E-state index contributed by atoms with van der Waals surface area (Å²) in [7, 11) is 1.65. The fourth-order valence-electron chi connectivity index (χ4n) is 3.64. The fourth-order valence-corrected chi connectivity index (χ4v) is 3.64. The number of ether oxygens (including phenoxy) is 2. The lowest BCUT2D eigenvalue weighted by atomic mass is 9.74. The van der Waals surface area contributed by atoms with Crippen LogP contribution >= 0.6 is 0 Å². The van der Waals surface area contributed by atoms with Crippen molar-refractivity contribution in [1.29, 1.82) is 0 Å². The summed E-state index contributed by atoms with van der Waals surface area (Å²) in [6.07, 6.45) is 4.69. The Balaban J connectivity index is 2.07. The summed E-state index contributed by atoms with van der Waals surface area (Å²) in [6, 6.07) is 0.184. The second kappa shape index (κ2) is 6.13. The van der Waals surface area contributed by atoms with Gasteiger partial charge in [0.15, 0.2) is 0 Å². The lowest BCUT2D eigenvalue weighted by Gasteiger charge is -2.51. The third-order valence-electron chi connectivity index (χ3n) is 4.47. The van der Waals surface area contributed by atoms with Gasteiger partial charge in [-0.25, -0.2) is 4.79 Å². The van der Waals surface area contributed by atoms with E-state index >= 15 is 0 Å². The standard InChI is InChI=1S/C16H29NO4/c1-15(2,3)21-14(18)17-12-6-5-7-13(17)11-16(19,10-12)8-9-20-4/h12-13,19H,5-11H2,1-4H3. The minimum atomic E-state index is -0.704. The molecule has 5 heteroatoms. The lowest BCUT2D eigenvalue weighted by molar-refractivity contribution is -0.102. The molecule has 0 saturated carbocycles. The summed E-state index contributed by atoms with van der Waals surface area (Å²) in [4.78, 5) is 14.3. The topological polar surface area (TPSA) is 59.0 Å². The van der Waals surface area contributed by atoms with Crippen LogP contribution in [0.3, 0.4) is 0 Å². The predicted octanol–water partition coefficient (Wildman–Crippen LogP) is 2.71. The third-order valence-corrected chi connectivity index (χ3v) is 4.47. The number of hydrogen-bond donors (Lipinski definition) is 1. The molecule has 0 aromatic heterocycles. The van der Waals surface area contributed by atoms with Crippen LogP contribution in [0.2, 0.25) is 0 Å². The maximum atomic E-state index is 12.4. The van der Waals surface area contributed by atoms with E-state index in [-0.39, 0.29) is 18.2 Å². The first-order valence-electron chi connectivity index (χ1n) is 7.97. The van der Waals surface area contributed by atoms with Crippen molar-refractivity contribution in [3.63, 3.8) is 0 Å². The minimum Gasteiger partial charge on any atom is -0.444 e. The number of methoxy groups -OCH3 is 1. The molecule has 0 aromatic carbocycles. The van der Waals surface area contributed by atoms with Crippen LogP contribution in [-0.2, 0) is 9.47 Å². The average Bonchev–Trinajstić information content (AvgIpc) is 2.33. The number of amides is 1. The summed E-state index contributed by atoms with van der Waals surface area (Å²) in [5, 5.41) is 10.8. The molecule has 2 atom stereocenters. The predicted molar refractivity (Wildman–Crippen MR) is 80.2 cm³/mol. The number of nitrogens with zero attached hydrogens (tertiary/aromatic N) is 1. The van der Waals surface area contributed by atoms with Crippen LogP contribution in [-0.4, -0.2) is 53.1 Å². The molecule has 21 heavy (non-hydrogen) atoms. The molecule has 2 bridgehead atoms. The fraction of sp³-hybridized carbons (Fsp3) is 0.938. The number of fused-ring (bicyclic) bond motifs is 2. The molecule has 0 aromatic rings. The van der Waals surface area contributed by atoms with Crippen LogP contribution in [0.25, 0.3) is 0 Å². The van der Waals surface area contributed by atoms with Crippen molar-refractivity contribution in [2.75, 3.05) is 13.7 Å². The molecule has 0 radical (unpaired) electrons. The minimum absolute atomic E-state index is 0.0919. The molecular formula is C16H29NO4. The highest BCUT2D eigenvalue weighted by Crippen LogP contribution is 2.41. The molecule has 2 unspecified atom stereocenters. The number of carbonyl (C=O) groups excluding carboxylic acids is 1. The van der Waals surface area contributed by atoms with Crippen molar-refractivity contribution in [3.05, 3.63) is 0 Å². The largest absolute Gasteiger partial charge is 0.444 e. The number of hydrogen-bond acceptors (Lipinski definition) is 4. The molecule has 1 N–H and O–H groups in total. The van der Waals surface area contributed by atoms with Crippen LogP contribution in [0.1, 0.15) is 59.3 Å². The highest BCUT2D eigenvalue weighted by Gasteiger charge is 2.48. The van der Waals surface area contributed by atoms with Crippen molar-refractivity contribution >= 4 is 6.09 Å². The van der Waals surface area contributed by atoms with Crippen LogP contribution in [0.5, 0.6) is 0 Å². The molecule has 5 nitrogen and oxygen atoms in total. The molecule has 2 aliphatic rings. The Morgan fingerprint density at radius 3 is 2.33 bits per heavy atom. The van der Waals surface area contributed by atoms with Gasteiger partial charge in [-0.3, -0.25) is 0 Å². The van der Waals surface area contributed by atoms with Crippen molar-refractivity contribution in [1.82, 2.24) is 4.90 Å². The van der Waals surface area contributed by atoms with Crippen molar-refractivity contribution < 1.29 is 19.4 Å². The quantitative estimate of drug-likeness (QED) is 0.870. The van der Waals surface area contributed by atoms with E-state index in [1.54, 1.807) is 7.11 Å². The zero-order chi connectivity index (χ0) is 15.7. The van der Waals surface area contributed by atoms with E-state index in [0.717, 1.165) is 19.3 Å². The Kier molecular flexibility index (Phi) is 4.83. The van der Waals surface area contributed by atoms with Gasteiger partial charge in [-0.15, -0.1) is 0 Å². The average molecular weight is 299 g/mol. The molecule has 0 spiro atoms. The molecule has 0 aliphatic carbocycles. The van der Waals surface area contributed by atoms with Gasteiger partial charge in [0.2, 0.25) is 0 Å². The Morgan fingerprint density at radius 1 is 1.29 bits per heavy atom. The molecular weight excluding hydrogens is 270 g/mol. The van der Waals surface area contributed by atoms with Gasteiger partial charge >= 0.3 is 6.09 Å². The Bertz CT molecular complexity index is 363. The van der Waals surface area contributed by atoms with Gasteiger partial charge < -0.3 is 19.5 Å². The van der Waals surface area contributed by atoms with Gasteiger partial charge in [-0.05, 0) is 59.3 Å². The highest BCUT2D eigenvalue weighted by atomic mass is 16.6. The zero-order valence-electron chi connectivity index (χ0n) is 13.7. The summed E-state index contributed by atoms with van der Waals surface area (Å²) in [5.41, 5.74) is -1.18. The number of piperidine rings is 2. The Labute approximate surface area is 127 Å². The first kappa shape index (κ1) is 16.6. The van der Waals surface area contributed by atoms with E-state index in [9.17, 15) is 9.90 Å². The van der Waals surface area contributed by atoms with Gasteiger partial charge in [0.25, 0.3) is 0 Å². The van der Waals surface area contributed by atoms with Gasteiger partial charge in [0.1, 0.15) is 5.60 Å². The van der Waals surface area contributed by atoms with Crippen LogP contribution < -0.4 is 0 Å². The van der Waals surface area contributed by atoms with Gasteiger partial charge in [0.05, 0.1) is 5.60 Å². The van der Waals surface area contributed by atoms with Crippen molar-refractivity contribution in [2.24, 2.45) is 0 Å². The van der Waals surface area contributed by atoms with E-state index in [0.29, 0.717) is 25.9 Å². The maximum Gasteiger partial charge on any atom is 0.410 e. The van der Waals surface area contributed by atoms with E-state index in [2.05, 4.69) is 0 Å². The zero-order valence-corrected chi connectivity index (χ0v) is 13.7. The first-order valence-corrected chi connectivity index (χ1v) is 7.97. The van der Waals surface area contributed by atoms with E-state index in [4.69, 9.17) is 9.47 Å². The number of aliphatic hydroxyl groups is 1. The van der Waals surface area contributed by atoms with Crippen LogP contribution in [0.4, 0.5) is 4.79 Å². The lowest BCUT2D eigenvalue weighted by Crippen LogP contribution is -2.60.